The van der Waals surface area contributed by atoms with Crippen LogP contribution in [-0.4, -0.2) is 14.8 Å². The maximum absolute atomic E-state index is 11.3. The Morgan fingerprint density at radius 2 is 2.27 bits per heavy atom. The molecule has 0 fully saturated rings. The van der Waals surface area contributed by atoms with Crippen molar-refractivity contribution < 1.29 is 9.63 Å². The molecule has 1 atom stereocenters. The van der Waals surface area contributed by atoms with Crippen LogP contribution in [0, 0.1) is 0 Å². The number of benzene rings is 1. The van der Waals surface area contributed by atoms with Crippen LogP contribution in [0.25, 0.3) is 11.4 Å². The minimum atomic E-state index is -0.881. The second kappa shape index (κ2) is 2.80. The van der Waals surface area contributed by atoms with E-state index in [-0.39, 0.29) is 0 Å². The number of hydrogen-bond acceptors (Lipinski definition) is 4. The molecule has 1 aromatic heterocycles. The molecule has 15 heavy (non-hydrogen) atoms. The molecule has 1 unspecified atom stereocenters. The summed E-state index contributed by atoms with van der Waals surface area (Å²) in [5, 5.41) is 13.4. The van der Waals surface area contributed by atoms with Crippen LogP contribution in [0.5, 0.6) is 0 Å². The Morgan fingerprint density at radius 3 is 3.13 bits per heavy atom. The first-order chi connectivity index (χ1) is 7.27. The van der Waals surface area contributed by atoms with Crippen LogP contribution in [-0.2, 0) is 6.42 Å². The predicted molar refractivity (Wildman–Crippen MR) is 51.2 cm³/mol. The fourth-order valence-corrected chi connectivity index (χ4v) is 1.90. The van der Waals surface area contributed by atoms with Crippen LogP contribution in [0.4, 0.5) is 0 Å². The van der Waals surface area contributed by atoms with Gasteiger partial charge in [0.25, 0.3) is 0 Å². The van der Waals surface area contributed by atoms with E-state index in [0.717, 1.165) is 11.1 Å². The van der Waals surface area contributed by atoms with E-state index in [4.69, 9.17) is 0 Å². The summed E-state index contributed by atoms with van der Waals surface area (Å²) < 4.78 is 5.71. The van der Waals surface area contributed by atoms with E-state index in [9.17, 15) is 9.90 Å². The van der Waals surface area contributed by atoms with Gasteiger partial charge in [0.1, 0.15) is 6.23 Å². The van der Waals surface area contributed by atoms with Crippen molar-refractivity contribution in [2.75, 3.05) is 0 Å². The molecule has 5 heteroatoms. The lowest BCUT2D eigenvalue weighted by Gasteiger charge is -2.20. The Bertz CT molecular complexity index is 570. The maximum atomic E-state index is 11.3. The minimum absolute atomic E-state index is 0.398. The molecular formula is C10H8N2O3. The monoisotopic (exact) mass is 204 g/mol. The molecule has 76 valence electrons. The van der Waals surface area contributed by atoms with Crippen LogP contribution in [0.2, 0.25) is 0 Å². The molecule has 3 rings (SSSR count). The van der Waals surface area contributed by atoms with Crippen molar-refractivity contribution in [1.29, 1.82) is 0 Å². The van der Waals surface area contributed by atoms with Crippen molar-refractivity contribution in [3.63, 3.8) is 0 Å². The third-order valence-corrected chi connectivity index (χ3v) is 2.59. The summed E-state index contributed by atoms with van der Waals surface area (Å²) in [6, 6.07) is 7.51. The highest BCUT2D eigenvalue weighted by Gasteiger charge is 2.26. The molecule has 0 saturated heterocycles. The Balaban J connectivity index is 2.35. The van der Waals surface area contributed by atoms with Crippen molar-refractivity contribution in [1.82, 2.24) is 9.72 Å². The van der Waals surface area contributed by atoms with Crippen LogP contribution < -0.4 is 5.76 Å². The zero-order valence-electron chi connectivity index (χ0n) is 7.75. The van der Waals surface area contributed by atoms with Gasteiger partial charge in [-0.25, -0.2) is 9.36 Å². The zero-order chi connectivity index (χ0) is 10.4. The normalized spacial score (nSPS) is 18.3. The molecule has 1 aliphatic heterocycles. The molecule has 2 aromatic rings. The lowest BCUT2D eigenvalue weighted by molar-refractivity contribution is 0.0955. The molecule has 0 bridgehead atoms. The molecule has 1 aliphatic rings. The number of aliphatic hydroxyl groups excluding tert-OH is 1. The van der Waals surface area contributed by atoms with Crippen molar-refractivity contribution in [2.24, 2.45) is 0 Å². The first-order valence-electron chi connectivity index (χ1n) is 4.62. The van der Waals surface area contributed by atoms with E-state index in [2.05, 4.69) is 9.68 Å². The van der Waals surface area contributed by atoms with Crippen molar-refractivity contribution in [3.05, 3.63) is 40.4 Å². The standard InChI is InChI=1S/C10H8N2O3/c13-8-5-6-3-1-2-4-7(6)9-11-15-10(14)12(8)9/h1-4,8,13H,5H2. The number of aromatic nitrogens is 2. The predicted octanol–water partition coefficient (Wildman–Crippen LogP) is 0.550. The van der Waals surface area contributed by atoms with Gasteiger partial charge in [0.2, 0.25) is 0 Å². The average molecular weight is 204 g/mol. The Kier molecular flexibility index (Phi) is 1.58. The van der Waals surface area contributed by atoms with E-state index in [1.54, 1.807) is 0 Å². The highest BCUT2D eigenvalue weighted by Crippen LogP contribution is 2.30. The van der Waals surface area contributed by atoms with E-state index < -0.39 is 12.0 Å². The maximum Gasteiger partial charge on any atom is 0.444 e. The van der Waals surface area contributed by atoms with Crippen LogP contribution in [0.1, 0.15) is 11.8 Å². The Hall–Kier alpha value is -1.88. The lowest BCUT2D eigenvalue weighted by atomic mass is 10.00. The van der Waals surface area contributed by atoms with Crippen molar-refractivity contribution in [2.45, 2.75) is 12.6 Å². The molecule has 5 nitrogen and oxygen atoms in total. The van der Waals surface area contributed by atoms with Gasteiger partial charge < -0.3 is 5.11 Å². The Labute approximate surface area is 84.6 Å². The second-order valence-corrected chi connectivity index (χ2v) is 3.48. The van der Waals surface area contributed by atoms with Crippen molar-refractivity contribution in [3.8, 4) is 11.4 Å². The number of nitrogens with zero attached hydrogens (tertiary/aromatic N) is 2. The number of hydrogen-bond donors (Lipinski definition) is 1. The van der Waals surface area contributed by atoms with Gasteiger partial charge in [-0.05, 0) is 5.56 Å². The topological polar surface area (TPSA) is 68.3 Å². The van der Waals surface area contributed by atoms with Gasteiger partial charge in [-0.2, -0.15) is 0 Å². The van der Waals surface area contributed by atoms with Crippen LogP contribution in [0.3, 0.4) is 0 Å². The van der Waals surface area contributed by atoms with Gasteiger partial charge in [0.05, 0.1) is 0 Å². The average Bonchev–Trinajstić information content (AvgIpc) is 2.62. The molecule has 1 N–H and O–H groups in total. The van der Waals surface area contributed by atoms with Gasteiger partial charge in [-0.15, -0.1) is 0 Å². The summed E-state index contributed by atoms with van der Waals surface area (Å²) in [4.78, 5) is 11.3. The largest absolute Gasteiger partial charge is 0.444 e. The number of rotatable bonds is 0. The summed E-state index contributed by atoms with van der Waals surface area (Å²) in [6.45, 7) is 0. The van der Waals surface area contributed by atoms with Gasteiger partial charge in [0, 0.05) is 12.0 Å². The van der Waals surface area contributed by atoms with Gasteiger partial charge in [0.15, 0.2) is 5.82 Å². The van der Waals surface area contributed by atoms with E-state index in [1.165, 1.54) is 4.57 Å². The smallest absolute Gasteiger partial charge is 0.373 e. The minimum Gasteiger partial charge on any atom is -0.373 e. The molecule has 0 spiro atoms. The first kappa shape index (κ1) is 8.43. The summed E-state index contributed by atoms with van der Waals surface area (Å²) >= 11 is 0. The van der Waals surface area contributed by atoms with Crippen LogP contribution in [0.15, 0.2) is 33.6 Å². The molecular weight excluding hydrogens is 196 g/mol. The van der Waals surface area contributed by atoms with Gasteiger partial charge in [-0.1, -0.05) is 29.4 Å². The summed E-state index contributed by atoms with van der Waals surface area (Å²) in [5.41, 5.74) is 1.81. The third kappa shape index (κ3) is 1.07. The fourth-order valence-electron chi connectivity index (χ4n) is 1.90. The van der Waals surface area contributed by atoms with Gasteiger partial charge >= 0.3 is 5.76 Å². The van der Waals surface area contributed by atoms with E-state index in [0.29, 0.717) is 12.2 Å². The highest BCUT2D eigenvalue weighted by molar-refractivity contribution is 5.61. The molecule has 0 aliphatic carbocycles. The van der Waals surface area contributed by atoms with Gasteiger partial charge in [-0.3, -0.25) is 4.52 Å². The van der Waals surface area contributed by atoms with Crippen LogP contribution >= 0.6 is 0 Å². The molecule has 0 amide bonds. The number of aliphatic hydroxyl groups is 1. The molecule has 0 saturated carbocycles. The third-order valence-electron chi connectivity index (χ3n) is 2.59. The molecule has 2 heterocycles. The van der Waals surface area contributed by atoms with E-state index in [1.807, 2.05) is 24.3 Å². The zero-order valence-corrected chi connectivity index (χ0v) is 7.75. The highest BCUT2D eigenvalue weighted by atomic mass is 16.5. The number of fused-ring (bicyclic) bond motifs is 3. The summed E-state index contributed by atoms with van der Waals surface area (Å²) in [5.74, 6) is -0.221. The van der Waals surface area contributed by atoms with E-state index >= 15 is 0 Å². The molecule has 1 aromatic carbocycles. The SMILES string of the molecule is O=c1onc2n1C(O)Cc1ccccc1-2. The fraction of sp³-hybridized carbons (Fsp3) is 0.200. The lowest BCUT2D eigenvalue weighted by Crippen LogP contribution is -2.26. The second-order valence-electron chi connectivity index (χ2n) is 3.48. The summed E-state index contributed by atoms with van der Waals surface area (Å²) in [7, 11) is 0. The quantitative estimate of drug-likeness (QED) is 0.680. The van der Waals surface area contributed by atoms with Crippen molar-refractivity contribution >= 4 is 0 Å². The molecule has 0 radical (unpaired) electrons. The first-order valence-corrected chi connectivity index (χ1v) is 4.62. The Morgan fingerprint density at radius 1 is 1.47 bits per heavy atom. The summed E-state index contributed by atoms with van der Waals surface area (Å²) in [6.07, 6.45) is -0.474.